The second-order valence-corrected chi connectivity index (χ2v) is 10.8. The van der Waals surface area contributed by atoms with E-state index in [-0.39, 0.29) is 18.8 Å². The third-order valence-corrected chi connectivity index (χ3v) is 7.34. The van der Waals surface area contributed by atoms with E-state index in [0.717, 1.165) is 35.3 Å². The molecule has 0 spiro atoms. The van der Waals surface area contributed by atoms with Gasteiger partial charge in [0, 0.05) is 12.2 Å². The van der Waals surface area contributed by atoms with Crippen molar-refractivity contribution in [2.75, 3.05) is 19.8 Å². The fourth-order valence-electron chi connectivity index (χ4n) is 4.85. The molecule has 5 rings (SSSR count). The average Bonchev–Trinajstić information content (AvgIpc) is 3.63. The molecule has 0 unspecified atom stereocenters. The largest absolute Gasteiger partial charge is 0.494 e. The highest BCUT2D eigenvalue weighted by Crippen LogP contribution is 2.31. The molecule has 2 aliphatic rings. The van der Waals surface area contributed by atoms with Crippen LogP contribution in [-0.4, -0.2) is 62.1 Å². The summed E-state index contributed by atoms with van der Waals surface area (Å²) in [5.41, 5.74) is 3.12. The lowest BCUT2D eigenvalue weighted by atomic mass is 10.1. The number of esters is 3. The highest BCUT2D eigenvalue weighted by Gasteiger charge is 2.51. The van der Waals surface area contributed by atoms with Crippen LogP contribution in [0, 0.1) is 6.92 Å². The molecule has 2 aliphatic heterocycles. The second-order valence-electron chi connectivity index (χ2n) is 10.8. The number of benzene rings is 3. The minimum absolute atomic E-state index is 0.112. The van der Waals surface area contributed by atoms with Gasteiger partial charge < -0.3 is 28.4 Å². The van der Waals surface area contributed by atoms with Crippen molar-refractivity contribution in [3.8, 4) is 11.5 Å². The summed E-state index contributed by atoms with van der Waals surface area (Å²) in [4.78, 5) is 37.5. The van der Waals surface area contributed by atoms with Crippen molar-refractivity contribution >= 4 is 30.1 Å². The van der Waals surface area contributed by atoms with E-state index < -0.39 is 42.3 Å². The van der Waals surface area contributed by atoms with Gasteiger partial charge in [-0.1, -0.05) is 55.3 Å². The summed E-state index contributed by atoms with van der Waals surface area (Å²) in [7, 11) is 0. The van der Waals surface area contributed by atoms with Crippen LogP contribution in [0.2, 0.25) is 0 Å². The molecule has 2 saturated heterocycles. The third-order valence-electron chi connectivity index (χ3n) is 7.34. The van der Waals surface area contributed by atoms with Crippen LogP contribution in [0.3, 0.4) is 0 Å². The highest BCUT2D eigenvalue weighted by molar-refractivity contribution is 5.91. The van der Waals surface area contributed by atoms with Crippen molar-refractivity contribution in [2.24, 2.45) is 0 Å². The van der Waals surface area contributed by atoms with Gasteiger partial charge in [0.25, 0.3) is 0 Å². The van der Waals surface area contributed by atoms with Crippen LogP contribution in [-0.2, 0) is 28.5 Å². The summed E-state index contributed by atoms with van der Waals surface area (Å²) in [5.74, 6) is -0.559. The Labute approximate surface area is 262 Å². The first-order chi connectivity index (χ1) is 21.9. The summed E-state index contributed by atoms with van der Waals surface area (Å²) in [6.07, 6.45) is 5.70. The maximum atomic E-state index is 12.8. The molecule has 0 amide bonds. The van der Waals surface area contributed by atoms with Crippen molar-refractivity contribution in [1.82, 2.24) is 0 Å². The topological polar surface area (TPSA) is 107 Å². The number of ether oxygens (including phenoxy) is 6. The Morgan fingerprint density at radius 1 is 0.733 bits per heavy atom. The van der Waals surface area contributed by atoms with Crippen LogP contribution in [0.25, 0.3) is 12.2 Å². The van der Waals surface area contributed by atoms with Crippen LogP contribution in [0.1, 0.15) is 46.8 Å². The molecule has 2 fully saturated rings. The molecule has 234 valence electrons. The molecule has 2 heterocycles. The summed E-state index contributed by atoms with van der Waals surface area (Å²) >= 11 is 0. The number of fused-ring (bicyclic) bond motifs is 1. The zero-order valence-corrected chi connectivity index (χ0v) is 25.3. The number of aryl methyl sites for hydroxylation is 1. The minimum Gasteiger partial charge on any atom is -0.494 e. The number of hydrogen-bond acceptors (Lipinski definition) is 9. The summed E-state index contributed by atoms with van der Waals surface area (Å²) in [5, 5.41) is 0. The lowest BCUT2D eigenvalue weighted by molar-refractivity contribution is -0.147. The molecule has 0 aliphatic carbocycles. The van der Waals surface area contributed by atoms with Gasteiger partial charge in [-0.25, -0.2) is 14.4 Å². The molecule has 0 aromatic heterocycles. The quantitative estimate of drug-likeness (QED) is 0.110. The van der Waals surface area contributed by atoms with Crippen molar-refractivity contribution in [3.63, 3.8) is 0 Å². The van der Waals surface area contributed by atoms with Gasteiger partial charge in [-0.15, -0.1) is 0 Å². The normalized spacial score (nSPS) is 20.7. The molecule has 0 bridgehead atoms. The summed E-state index contributed by atoms with van der Waals surface area (Å²) in [6.45, 7) is 5.01. The second kappa shape index (κ2) is 15.3. The van der Waals surface area contributed by atoms with E-state index >= 15 is 0 Å². The van der Waals surface area contributed by atoms with Gasteiger partial charge in [0.1, 0.15) is 23.7 Å². The van der Waals surface area contributed by atoms with Crippen LogP contribution in [0.4, 0.5) is 0 Å². The zero-order valence-electron chi connectivity index (χ0n) is 25.3. The van der Waals surface area contributed by atoms with E-state index in [2.05, 4.69) is 6.92 Å². The van der Waals surface area contributed by atoms with Crippen LogP contribution in [0.15, 0.2) is 84.9 Å². The predicted molar refractivity (Wildman–Crippen MR) is 167 cm³/mol. The lowest BCUT2D eigenvalue weighted by Gasteiger charge is -2.17. The Morgan fingerprint density at radius 3 is 1.91 bits per heavy atom. The maximum absolute atomic E-state index is 12.8. The van der Waals surface area contributed by atoms with Crippen molar-refractivity contribution < 1.29 is 42.8 Å². The van der Waals surface area contributed by atoms with Crippen LogP contribution < -0.4 is 9.47 Å². The number of rotatable bonds is 12. The smallest absolute Gasteiger partial charge is 0.338 e. The van der Waals surface area contributed by atoms with Crippen molar-refractivity contribution in [2.45, 2.75) is 51.1 Å². The molecule has 0 radical (unpaired) electrons. The van der Waals surface area contributed by atoms with Gasteiger partial charge in [-0.2, -0.15) is 0 Å². The molecule has 4 atom stereocenters. The number of carbonyl (C=O) groups excluding carboxylic acids is 3. The zero-order chi connectivity index (χ0) is 31.6. The summed E-state index contributed by atoms with van der Waals surface area (Å²) < 4.78 is 33.8. The fourth-order valence-corrected chi connectivity index (χ4v) is 4.85. The maximum Gasteiger partial charge on any atom is 0.338 e. The van der Waals surface area contributed by atoms with E-state index in [4.69, 9.17) is 28.4 Å². The van der Waals surface area contributed by atoms with Gasteiger partial charge in [-0.3, -0.25) is 0 Å². The number of hydrogen-bond donors (Lipinski definition) is 0. The van der Waals surface area contributed by atoms with E-state index in [1.54, 1.807) is 12.2 Å². The molecule has 9 nitrogen and oxygen atoms in total. The Balaban J connectivity index is 1.06. The molecular weight excluding hydrogens is 576 g/mol. The van der Waals surface area contributed by atoms with Crippen molar-refractivity contribution in [3.05, 3.63) is 107 Å². The van der Waals surface area contributed by atoms with Gasteiger partial charge >= 0.3 is 17.9 Å². The fraction of sp³-hybridized carbons (Fsp3) is 0.306. The molecule has 3 aromatic carbocycles. The average molecular weight is 613 g/mol. The first-order valence-electron chi connectivity index (χ1n) is 15.0. The standard InChI is InChI=1S/C36H36O9/c1-3-4-21-40-28-15-9-26(10-16-28)12-20-33(38)44-30-22-41-35-31(23-42-34(30)35)45-36(39)27-13-17-29(18-14-27)43-32(37)19-11-25-7-5-24(2)6-8-25/h5-20,30-31,34-35H,3-4,21-23H2,1-2H3/b19-11+,20-12+/t30-,31+,34-,35-/m1/s1. The molecule has 0 saturated carbocycles. The van der Waals surface area contributed by atoms with Crippen LogP contribution in [0.5, 0.6) is 11.5 Å². The SMILES string of the molecule is CCCCOc1ccc(/C=C/C(=O)O[C@@H]2CO[C@H]3[C@@H]2OC[C@@H]3OC(=O)c2ccc(OC(=O)/C=C/c3ccc(C)cc3)cc2)cc1. The first-order valence-corrected chi connectivity index (χ1v) is 15.0. The van der Waals surface area contributed by atoms with Gasteiger partial charge in [0.2, 0.25) is 0 Å². The minimum atomic E-state index is -0.663. The molecule has 9 heteroatoms. The highest BCUT2D eigenvalue weighted by atomic mass is 16.7. The molecule has 3 aromatic rings. The van der Waals surface area contributed by atoms with Gasteiger partial charge in [0.15, 0.2) is 12.2 Å². The lowest BCUT2D eigenvalue weighted by Crippen LogP contribution is -2.35. The Morgan fingerprint density at radius 2 is 1.29 bits per heavy atom. The monoisotopic (exact) mass is 612 g/mol. The Bertz CT molecular complexity index is 1510. The van der Waals surface area contributed by atoms with E-state index in [0.29, 0.717) is 12.4 Å². The molecule has 45 heavy (non-hydrogen) atoms. The Kier molecular flexibility index (Phi) is 10.8. The van der Waals surface area contributed by atoms with Gasteiger partial charge in [0.05, 0.1) is 25.4 Å². The molecular formula is C36H36O9. The third kappa shape index (κ3) is 8.90. The number of carbonyl (C=O) groups is 3. The molecule has 0 N–H and O–H groups in total. The Hall–Kier alpha value is -4.73. The van der Waals surface area contributed by atoms with E-state index in [1.165, 1.54) is 36.4 Å². The van der Waals surface area contributed by atoms with E-state index in [1.807, 2.05) is 55.5 Å². The van der Waals surface area contributed by atoms with Crippen molar-refractivity contribution in [1.29, 1.82) is 0 Å². The predicted octanol–water partition coefficient (Wildman–Crippen LogP) is 5.74. The van der Waals surface area contributed by atoms with Crippen LogP contribution >= 0.6 is 0 Å². The van der Waals surface area contributed by atoms with E-state index in [9.17, 15) is 14.4 Å². The van der Waals surface area contributed by atoms with Gasteiger partial charge in [-0.05, 0) is 73.0 Å². The summed E-state index contributed by atoms with van der Waals surface area (Å²) in [6, 6.07) is 21.3. The first kappa shape index (κ1) is 31.7. The number of unbranched alkanes of at least 4 members (excludes halogenated alkanes) is 1.